The van der Waals surface area contributed by atoms with Crippen molar-refractivity contribution >= 4 is 23.4 Å². The van der Waals surface area contributed by atoms with Gasteiger partial charge in [0.25, 0.3) is 5.91 Å². The van der Waals surface area contributed by atoms with Crippen molar-refractivity contribution in [3.8, 4) is 6.07 Å². The first kappa shape index (κ1) is 17.2. The number of anilines is 1. The number of hydrogen-bond donors (Lipinski definition) is 3. The van der Waals surface area contributed by atoms with Crippen LogP contribution in [0.1, 0.15) is 30.6 Å². The second kappa shape index (κ2) is 7.78. The molecule has 0 aliphatic rings. The number of nitrogens with zero attached hydrogens (tertiary/aromatic N) is 1. The highest BCUT2D eigenvalue weighted by Crippen LogP contribution is 2.11. The summed E-state index contributed by atoms with van der Waals surface area (Å²) in [5.74, 6) is -1.77. The molecule has 0 aliphatic carbocycles. The lowest BCUT2D eigenvalue weighted by molar-refractivity contribution is -0.120. The SMILES string of the molecule is CC(=O)Nc1ccc(C(=O)N[C@@H](C[C@@H](C)C#N)C(N)=O)cc1. The van der Waals surface area contributed by atoms with Crippen molar-refractivity contribution in [1.82, 2.24) is 5.32 Å². The number of nitriles is 1. The molecule has 1 rings (SSSR count). The molecule has 7 heteroatoms. The molecule has 0 saturated carbocycles. The molecular formula is C15H18N4O3. The van der Waals surface area contributed by atoms with Gasteiger partial charge in [-0.25, -0.2) is 0 Å². The van der Waals surface area contributed by atoms with Gasteiger partial charge in [-0.05, 0) is 37.6 Å². The highest BCUT2D eigenvalue weighted by Gasteiger charge is 2.21. The van der Waals surface area contributed by atoms with E-state index in [0.717, 1.165) is 0 Å². The molecular weight excluding hydrogens is 284 g/mol. The Hall–Kier alpha value is -2.88. The fraction of sp³-hybridized carbons (Fsp3) is 0.333. The van der Waals surface area contributed by atoms with Crippen LogP contribution in [0.5, 0.6) is 0 Å². The maximum Gasteiger partial charge on any atom is 0.251 e. The van der Waals surface area contributed by atoms with Gasteiger partial charge >= 0.3 is 0 Å². The molecule has 2 atom stereocenters. The number of nitrogens with one attached hydrogen (secondary N) is 2. The van der Waals surface area contributed by atoms with E-state index in [1.807, 2.05) is 6.07 Å². The molecule has 0 aromatic heterocycles. The third kappa shape index (κ3) is 5.25. The largest absolute Gasteiger partial charge is 0.368 e. The molecule has 0 spiro atoms. The Morgan fingerprint density at radius 2 is 1.86 bits per heavy atom. The van der Waals surface area contributed by atoms with Crippen LogP contribution >= 0.6 is 0 Å². The molecule has 3 amide bonds. The van der Waals surface area contributed by atoms with Gasteiger partial charge in [0.1, 0.15) is 6.04 Å². The molecule has 0 fully saturated rings. The molecule has 0 saturated heterocycles. The molecule has 116 valence electrons. The number of carbonyl (C=O) groups is 3. The van der Waals surface area contributed by atoms with Gasteiger partial charge in [0.15, 0.2) is 0 Å². The van der Waals surface area contributed by atoms with E-state index in [2.05, 4.69) is 10.6 Å². The van der Waals surface area contributed by atoms with Gasteiger partial charge in [0.2, 0.25) is 11.8 Å². The van der Waals surface area contributed by atoms with Crippen molar-refractivity contribution in [3.05, 3.63) is 29.8 Å². The van der Waals surface area contributed by atoms with E-state index in [9.17, 15) is 14.4 Å². The van der Waals surface area contributed by atoms with Crippen LogP contribution in [0.3, 0.4) is 0 Å². The van der Waals surface area contributed by atoms with E-state index in [1.54, 1.807) is 19.1 Å². The second-order valence-electron chi connectivity index (χ2n) is 4.95. The molecule has 4 N–H and O–H groups in total. The zero-order valence-corrected chi connectivity index (χ0v) is 12.4. The van der Waals surface area contributed by atoms with Crippen molar-refractivity contribution in [2.24, 2.45) is 11.7 Å². The average Bonchev–Trinajstić information content (AvgIpc) is 2.46. The van der Waals surface area contributed by atoms with Gasteiger partial charge in [-0.3, -0.25) is 14.4 Å². The third-order valence-electron chi connectivity index (χ3n) is 2.93. The minimum Gasteiger partial charge on any atom is -0.368 e. The lowest BCUT2D eigenvalue weighted by atomic mass is 10.0. The molecule has 0 heterocycles. The topological polar surface area (TPSA) is 125 Å². The van der Waals surface area contributed by atoms with Crippen molar-refractivity contribution in [2.45, 2.75) is 26.3 Å². The molecule has 0 radical (unpaired) electrons. The van der Waals surface area contributed by atoms with E-state index < -0.39 is 23.8 Å². The summed E-state index contributed by atoms with van der Waals surface area (Å²) in [5.41, 5.74) is 6.12. The van der Waals surface area contributed by atoms with Crippen LogP contribution in [-0.2, 0) is 9.59 Å². The van der Waals surface area contributed by atoms with Gasteiger partial charge in [0, 0.05) is 24.1 Å². The first-order valence-electron chi connectivity index (χ1n) is 6.71. The lowest BCUT2D eigenvalue weighted by Crippen LogP contribution is -2.45. The van der Waals surface area contributed by atoms with Crippen molar-refractivity contribution in [2.75, 3.05) is 5.32 Å². The molecule has 0 bridgehead atoms. The van der Waals surface area contributed by atoms with Gasteiger partial charge in [-0.2, -0.15) is 5.26 Å². The number of nitrogens with two attached hydrogens (primary N) is 1. The van der Waals surface area contributed by atoms with Gasteiger partial charge in [-0.1, -0.05) is 0 Å². The number of rotatable bonds is 6. The fourth-order valence-electron chi connectivity index (χ4n) is 1.80. The molecule has 22 heavy (non-hydrogen) atoms. The maximum absolute atomic E-state index is 12.1. The van der Waals surface area contributed by atoms with E-state index >= 15 is 0 Å². The van der Waals surface area contributed by atoms with E-state index in [-0.39, 0.29) is 12.3 Å². The van der Waals surface area contributed by atoms with E-state index in [4.69, 9.17) is 11.0 Å². The van der Waals surface area contributed by atoms with Gasteiger partial charge in [0.05, 0.1) is 6.07 Å². The van der Waals surface area contributed by atoms with Crippen molar-refractivity contribution in [3.63, 3.8) is 0 Å². The lowest BCUT2D eigenvalue weighted by Gasteiger charge is -2.16. The molecule has 1 aromatic rings. The summed E-state index contributed by atoms with van der Waals surface area (Å²) in [6.45, 7) is 3.03. The Labute approximate surface area is 128 Å². The van der Waals surface area contributed by atoms with Crippen LogP contribution in [0, 0.1) is 17.2 Å². The summed E-state index contributed by atoms with van der Waals surface area (Å²) in [6, 6.07) is 7.28. The van der Waals surface area contributed by atoms with Crippen LogP contribution in [-0.4, -0.2) is 23.8 Å². The number of hydrogen-bond acceptors (Lipinski definition) is 4. The van der Waals surface area contributed by atoms with Crippen LogP contribution < -0.4 is 16.4 Å². The Morgan fingerprint density at radius 3 is 2.32 bits per heavy atom. The maximum atomic E-state index is 12.1. The monoisotopic (exact) mass is 302 g/mol. The Balaban J connectivity index is 2.75. The quantitative estimate of drug-likeness (QED) is 0.717. The molecule has 0 aliphatic heterocycles. The van der Waals surface area contributed by atoms with Crippen molar-refractivity contribution < 1.29 is 14.4 Å². The summed E-state index contributed by atoms with van der Waals surface area (Å²) in [5, 5.41) is 13.9. The minimum absolute atomic E-state index is 0.154. The molecule has 1 aromatic carbocycles. The van der Waals surface area contributed by atoms with E-state index in [1.165, 1.54) is 19.1 Å². The summed E-state index contributed by atoms with van der Waals surface area (Å²) in [6.07, 6.45) is 0.154. The number of benzene rings is 1. The van der Waals surface area contributed by atoms with Gasteiger partial charge in [-0.15, -0.1) is 0 Å². The highest BCUT2D eigenvalue weighted by atomic mass is 16.2. The summed E-state index contributed by atoms with van der Waals surface area (Å²) in [4.78, 5) is 34.3. The normalized spacial score (nSPS) is 12.6. The number of primary amides is 1. The Kier molecular flexibility index (Phi) is 6.08. The zero-order chi connectivity index (χ0) is 16.7. The average molecular weight is 302 g/mol. The zero-order valence-electron chi connectivity index (χ0n) is 12.4. The number of amides is 3. The first-order valence-corrected chi connectivity index (χ1v) is 6.71. The fourth-order valence-corrected chi connectivity index (χ4v) is 1.80. The predicted molar refractivity (Wildman–Crippen MR) is 80.6 cm³/mol. The smallest absolute Gasteiger partial charge is 0.251 e. The van der Waals surface area contributed by atoms with Crippen LogP contribution in [0.25, 0.3) is 0 Å². The van der Waals surface area contributed by atoms with Crippen LogP contribution in [0.15, 0.2) is 24.3 Å². The summed E-state index contributed by atoms with van der Waals surface area (Å²) in [7, 11) is 0. The summed E-state index contributed by atoms with van der Waals surface area (Å²) >= 11 is 0. The molecule has 7 nitrogen and oxygen atoms in total. The van der Waals surface area contributed by atoms with Crippen LogP contribution in [0.4, 0.5) is 5.69 Å². The van der Waals surface area contributed by atoms with Gasteiger partial charge < -0.3 is 16.4 Å². The van der Waals surface area contributed by atoms with E-state index in [0.29, 0.717) is 11.3 Å². The third-order valence-corrected chi connectivity index (χ3v) is 2.93. The Bertz CT molecular complexity index is 604. The Morgan fingerprint density at radius 1 is 1.27 bits per heavy atom. The minimum atomic E-state index is -0.905. The first-order chi connectivity index (χ1) is 10.3. The standard InChI is InChI=1S/C15H18N4O3/c1-9(8-16)7-13(14(17)21)19-15(22)11-3-5-12(6-4-11)18-10(2)20/h3-6,9,13H,7H2,1-2H3,(H2,17,21)(H,18,20)(H,19,22)/t9-,13+/m1/s1. The number of carbonyl (C=O) groups excluding carboxylic acids is 3. The molecule has 0 unspecified atom stereocenters. The van der Waals surface area contributed by atoms with Crippen LogP contribution in [0.2, 0.25) is 0 Å². The summed E-state index contributed by atoms with van der Waals surface area (Å²) < 4.78 is 0. The van der Waals surface area contributed by atoms with Crippen molar-refractivity contribution in [1.29, 1.82) is 5.26 Å². The highest BCUT2D eigenvalue weighted by molar-refractivity contribution is 5.98. The predicted octanol–water partition coefficient (Wildman–Crippen LogP) is 0.778. The second-order valence-corrected chi connectivity index (χ2v) is 4.95.